The number of nitrogens with one attached hydrogen (secondary N) is 2. The maximum atomic E-state index is 10.9. The summed E-state index contributed by atoms with van der Waals surface area (Å²) < 4.78 is 4.57. The Labute approximate surface area is 87.2 Å². The molecular formula is C10H15N3O2. The Morgan fingerprint density at radius 1 is 1.33 bits per heavy atom. The third-order valence-corrected chi connectivity index (χ3v) is 3.74. The highest BCUT2D eigenvalue weighted by molar-refractivity contribution is 5.06. The van der Waals surface area contributed by atoms with Crippen LogP contribution in [0.3, 0.4) is 0 Å². The number of hydrogen-bond donors (Lipinski definition) is 2. The Bertz CT molecular complexity index is 397. The van der Waals surface area contributed by atoms with E-state index in [1.54, 1.807) is 0 Å². The van der Waals surface area contributed by atoms with Gasteiger partial charge in [0.05, 0.1) is 0 Å². The molecule has 2 N–H and O–H groups in total. The monoisotopic (exact) mass is 209 g/mol. The molecule has 0 spiro atoms. The smallest absolute Gasteiger partial charge is 0.313 e. The first-order chi connectivity index (χ1) is 7.34. The molecule has 1 saturated heterocycles. The number of fused-ring (bicyclic) bond motifs is 1. The topological polar surface area (TPSA) is 70.9 Å². The van der Waals surface area contributed by atoms with Crippen LogP contribution in [0.5, 0.6) is 0 Å². The zero-order chi connectivity index (χ0) is 10.3. The highest BCUT2D eigenvalue weighted by Gasteiger charge is 2.39. The van der Waals surface area contributed by atoms with Crippen LogP contribution in [-0.2, 0) is 0 Å². The lowest BCUT2D eigenvalue weighted by Crippen LogP contribution is -2.30. The minimum atomic E-state index is -0.441. The van der Waals surface area contributed by atoms with E-state index in [1.807, 2.05) is 0 Å². The van der Waals surface area contributed by atoms with E-state index in [9.17, 15) is 4.79 Å². The fourth-order valence-corrected chi connectivity index (χ4v) is 3.02. The minimum Gasteiger partial charge on any atom is -0.313 e. The van der Waals surface area contributed by atoms with Crippen LogP contribution in [0.4, 0.5) is 0 Å². The Balaban J connectivity index is 1.85. The highest BCUT2D eigenvalue weighted by atomic mass is 16.5. The molecule has 1 aromatic rings. The van der Waals surface area contributed by atoms with Gasteiger partial charge in [-0.3, -0.25) is 9.51 Å². The van der Waals surface area contributed by atoms with Crippen molar-refractivity contribution in [1.82, 2.24) is 15.5 Å². The maximum Gasteiger partial charge on any atom is 0.438 e. The lowest BCUT2D eigenvalue weighted by atomic mass is 9.80. The quantitative estimate of drug-likeness (QED) is 0.711. The van der Waals surface area contributed by atoms with Gasteiger partial charge in [-0.05, 0) is 18.8 Å². The van der Waals surface area contributed by atoms with Gasteiger partial charge in [0.2, 0.25) is 0 Å². The molecule has 0 radical (unpaired) electrons. The first-order valence-corrected chi connectivity index (χ1v) is 5.64. The van der Waals surface area contributed by atoms with Crippen molar-refractivity contribution in [1.29, 1.82) is 0 Å². The zero-order valence-electron chi connectivity index (χ0n) is 8.53. The van der Waals surface area contributed by atoms with Gasteiger partial charge in [-0.15, -0.1) is 0 Å². The predicted molar refractivity (Wildman–Crippen MR) is 53.6 cm³/mol. The van der Waals surface area contributed by atoms with Gasteiger partial charge in [0, 0.05) is 18.5 Å². The van der Waals surface area contributed by atoms with Crippen molar-refractivity contribution in [3.8, 4) is 0 Å². The maximum absolute atomic E-state index is 10.9. The van der Waals surface area contributed by atoms with Crippen LogP contribution < -0.4 is 11.1 Å². The third-order valence-electron chi connectivity index (χ3n) is 3.74. The van der Waals surface area contributed by atoms with Crippen LogP contribution >= 0.6 is 0 Å². The minimum absolute atomic E-state index is 0.335. The molecule has 0 bridgehead atoms. The normalized spacial score (nSPS) is 35.3. The summed E-state index contributed by atoms with van der Waals surface area (Å²) in [5.41, 5.74) is 0. The van der Waals surface area contributed by atoms with Crippen LogP contribution in [0.2, 0.25) is 0 Å². The van der Waals surface area contributed by atoms with Gasteiger partial charge in [0.25, 0.3) is 0 Å². The molecule has 3 atom stereocenters. The van der Waals surface area contributed by atoms with E-state index in [0.29, 0.717) is 17.9 Å². The highest BCUT2D eigenvalue weighted by Crippen LogP contribution is 2.38. The molecule has 3 unspecified atom stereocenters. The number of hydrogen-bond acceptors (Lipinski definition) is 4. The summed E-state index contributed by atoms with van der Waals surface area (Å²) in [5.74, 6) is 1.24. The predicted octanol–water partition coefficient (Wildman–Crippen LogP) is 0.608. The summed E-state index contributed by atoms with van der Waals surface area (Å²) in [6.45, 7) is 0.914. The summed E-state index contributed by atoms with van der Waals surface area (Å²) in [6, 6.07) is 0.615. The number of H-pyrrole nitrogens is 1. The van der Waals surface area contributed by atoms with Gasteiger partial charge in [0.15, 0.2) is 5.82 Å². The van der Waals surface area contributed by atoms with Crippen molar-refractivity contribution >= 4 is 0 Å². The van der Waals surface area contributed by atoms with Gasteiger partial charge in [0.1, 0.15) is 0 Å². The van der Waals surface area contributed by atoms with Gasteiger partial charge in [-0.25, -0.2) is 4.79 Å². The lowest BCUT2D eigenvalue weighted by molar-refractivity contribution is 0.298. The fourth-order valence-electron chi connectivity index (χ4n) is 3.02. The number of rotatable bonds is 1. The van der Waals surface area contributed by atoms with Crippen molar-refractivity contribution in [2.75, 3.05) is 6.54 Å². The van der Waals surface area contributed by atoms with Crippen molar-refractivity contribution in [2.45, 2.75) is 37.6 Å². The standard InChI is InChI=1S/C10H15N3O2/c14-10-12-9(13-15-10)7-5-11-8-4-2-1-3-6(7)8/h6-8,11H,1-5H2,(H,12,13,14). The molecule has 2 fully saturated rings. The van der Waals surface area contributed by atoms with E-state index in [1.165, 1.54) is 25.7 Å². The van der Waals surface area contributed by atoms with Gasteiger partial charge >= 0.3 is 5.76 Å². The molecule has 82 valence electrons. The molecule has 1 aromatic heterocycles. The Morgan fingerprint density at radius 3 is 3.00 bits per heavy atom. The molecule has 2 heterocycles. The molecular weight excluding hydrogens is 194 g/mol. The van der Waals surface area contributed by atoms with Crippen molar-refractivity contribution in [3.63, 3.8) is 0 Å². The molecule has 1 aliphatic carbocycles. The van der Waals surface area contributed by atoms with Crippen LogP contribution in [-0.4, -0.2) is 22.7 Å². The van der Waals surface area contributed by atoms with E-state index in [2.05, 4.69) is 20.0 Å². The van der Waals surface area contributed by atoms with E-state index in [-0.39, 0.29) is 0 Å². The Morgan fingerprint density at radius 2 is 2.20 bits per heavy atom. The van der Waals surface area contributed by atoms with Crippen LogP contribution in [0.1, 0.15) is 37.4 Å². The Hall–Kier alpha value is -1.10. The fraction of sp³-hybridized carbons (Fsp3) is 0.800. The second-order valence-corrected chi connectivity index (χ2v) is 4.55. The summed E-state index contributed by atoms with van der Waals surface area (Å²) in [4.78, 5) is 13.6. The average molecular weight is 209 g/mol. The van der Waals surface area contributed by atoms with E-state index < -0.39 is 5.76 Å². The van der Waals surface area contributed by atoms with E-state index >= 15 is 0 Å². The van der Waals surface area contributed by atoms with Crippen molar-refractivity contribution in [2.24, 2.45) is 5.92 Å². The second kappa shape index (κ2) is 3.48. The number of aromatic nitrogens is 2. The van der Waals surface area contributed by atoms with E-state index in [4.69, 9.17) is 0 Å². The average Bonchev–Trinajstić information content (AvgIpc) is 2.83. The molecule has 0 aromatic carbocycles. The molecule has 5 nitrogen and oxygen atoms in total. The molecule has 5 heteroatoms. The summed E-state index contributed by atoms with van der Waals surface area (Å²) in [6.07, 6.45) is 5.10. The summed E-state index contributed by atoms with van der Waals surface area (Å²) in [7, 11) is 0. The van der Waals surface area contributed by atoms with Crippen molar-refractivity contribution in [3.05, 3.63) is 16.4 Å². The van der Waals surface area contributed by atoms with Gasteiger partial charge in [-0.2, -0.15) is 0 Å². The molecule has 15 heavy (non-hydrogen) atoms. The lowest BCUT2D eigenvalue weighted by Gasteiger charge is -2.27. The zero-order valence-corrected chi connectivity index (χ0v) is 8.53. The molecule has 0 amide bonds. The molecule has 1 saturated carbocycles. The Kier molecular flexibility index (Phi) is 2.12. The van der Waals surface area contributed by atoms with Crippen LogP contribution in [0.15, 0.2) is 9.32 Å². The third kappa shape index (κ3) is 1.51. The van der Waals surface area contributed by atoms with Gasteiger partial charge in [-0.1, -0.05) is 18.0 Å². The molecule has 3 rings (SSSR count). The van der Waals surface area contributed by atoms with E-state index in [0.717, 1.165) is 12.4 Å². The largest absolute Gasteiger partial charge is 0.438 e. The van der Waals surface area contributed by atoms with Crippen molar-refractivity contribution < 1.29 is 4.52 Å². The molecule has 1 aliphatic heterocycles. The SMILES string of the molecule is O=c1[nH]c(C2CNC3CCCCC32)no1. The number of nitrogens with zero attached hydrogens (tertiary/aromatic N) is 1. The van der Waals surface area contributed by atoms with Crippen LogP contribution in [0, 0.1) is 5.92 Å². The first-order valence-electron chi connectivity index (χ1n) is 5.64. The number of aromatic amines is 1. The van der Waals surface area contributed by atoms with Gasteiger partial charge < -0.3 is 5.32 Å². The first kappa shape index (κ1) is 9.15. The van der Waals surface area contributed by atoms with Crippen LogP contribution in [0.25, 0.3) is 0 Å². The molecule has 2 aliphatic rings. The summed E-state index contributed by atoms with van der Waals surface area (Å²) in [5, 5.41) is 7.32. The summed E-state index contributed by atoms with van der Waals surface area (Å²) >= 11 is 0. The second-order valence-electron chi connectivity index (χ2n) is 4.55.